The average Bonchev–Trinajstić information content (AvgIpc) is 2.69. The first-order valence-electron chi connectivity index (χ1n) is 11.1. The summed E-state index contributed by atoms with van der Waals surface area (Å²) in [5.74, 6) is -0.0728. The Morgan fingerprint density at radius 1 is 1.12 bits per heavy atom. The van der Waals surface area contributed by atoms with Crippen LogP contribution < -0.4 is 10.2 Å². The summed E-state index contributed by atoms with van der Waals surface area (Å²) in [4.78, 5) is 14.6. The van der Waals surface area contributed by atoms with Gasteiger partial charge in [-0.1, -0.05) is 45.4 Å². The maximum absolute atomic E-state index is 13.6. The van der Waals surface area contributed by atoms with Gasteiger partial charge in [0.2, 0.25) is 15.9 Å². The molecule has 1 amide bonds. The van der Waals surface area contributed by atoms with Gasteiger partial charge >= 0.3 is 0 Å². The summed E-state index contributed by atoms with van der Waals surface area (Å²) < 4.78 is 28.6. The van der Waals surface area contributed by atoms with Crippen LogP contribution in [0.4, 0.5) is 11.4 Å². The number of nitrogens with one attached hydrogen (secondary N) is 1. The second-order valence-electron chi connectivity index (χ2n) is 9.79. The van der Waals surface area contributed by atoms with Crippen LogP contribution in [0.3, 0.4) is 0 Å². The largest absolute Gasteiger partial charge is 0.377 e. The van der Waals surface area contributed by atoms with E-state index in [4.69, 9.17) is 11.6 Å². The van der Waals surface area contributed by atoms with Crippen LogP contribution in [0.5, 0.6) is 0 Å². The van der Waals surface area contributed by atoms with Crippen molar-refractivity contribution in [2.75, 3.05) is 24.3 Å². The summed E-state index contributed by atoms with van der Waals surface area (Å²) in [6.45, 7) is 10.1. The second kappa shape index (κ2) is 10.9. The highest BCUT2D eigenvalue weighted by atomic mass is 35.5. The topological polar surface area (TPSA) is 69.7 Å². The lowest BCUT2D eigenvalue weighted by atomic mass is 9.92. The van der Waals surface area contributed by atoms with Gasteiger partial charge in [-0.25, -0.2) is 8.42 Å². The molecule has 2 aromatic rings. The van der Waals surface area contributed by atoms with Gasteiger partial charge in [0, 0.05) is 49.5 Å². The first-order valence-corrected chi connectivity index (χ1v) is 12.9. The fourth-order valence-electron chi connectivity index (χ4n) is 3.53. The maximum Gasteiger partial charge on any atom is 0.243 e. The molecule has 0 radical (unpaired) electrons. The summed E-state index contributed by atoms with van der Waals surface area (Å²) >= 11 is 6.08. The van der Waals surface area contributed by atoms with Gasteiger partial charge in [-0.2, -0.15) is 4.31 Å². The Morgan fingerprint density at radius 3 is 2.33 bits per heavy atom. The Morgan fingerprint density at radius 2 is 1.79 bits per heavy atom. The minimum absolute atomic E-state index is 0.0728. The monoisotopic (exact) mass is 493 g/mol. The van der Waals surface area contributed by atoms with Gasteiger partial charge in [0.1, 0.15) is 0 Å². The molecule has 6 nitrogen and oxygen atoms in total. The van der Waals surface area contributed by atoms with E-state index >= 15 is 0 Å². The molecule has 0 bridgehead atoms. The standard InChI is InChI=1S/C25H36ClN3O3S/c1-8-18(2)29(33(31,32)22-11-9-10-20(26)15-22)17-19-14-21(12-13-23(19)28(6)7)27-24(30)16-25(3,4)5/h9-15,18H,8,16-17H2,1-7H3,(H,27,30). The Hall–Kier alpha value is -2.09. The highest BCUT2D eigenvalue weighted by Crippen LogP contribution is 2.30. The van der Waals surface area contributed by atoms with Crippen LogP contribution in [-0.4, -0.2) is 38.8 Å². The molecular weight excluding hydrogens is 458 g/mol. The van der Waals surface area contributed by atoms with Crippen LogP contribution in [0.15, 0.2) is 47.4 Å². The van der Waals surface area contributed by atoms with E-state index < -0.39 is 10.0 Å². The summed E-state index contributed by atoms with van der Waals surface area (Å²) in [6.07, 6.45) is 1.04. The fraction of sp³-hybridized carbons (Fsp3) is 0.480. The van der Waals surface area contributed by atoms with Crippen molar-refractivity contribution in [3.05, 3.63) is 53.1 Å². The Kier molecular flexibility index (Phi) is 8.96. The Labute approximate surface area is 204 Å². The number of anilines is 2. The zero-order valence-electron chi connectivity index (χ0n) is 20.6. The highest BCUT2D eigenvalue weighted by Gasteiger charge is 2.30. The van der Waals surface area contributed by atoms with Crippen LogP contribution in [-0.2, 0) is 21.4 Å². The lowest BCUT2D eigenvalue weighted by molar-refractivity contribution is -0.117. The minimum atomic E-state index is -3.79. The first-order chi connectivity index (χ1) is 15.2. The van der Waals surface area contributed by atoms with Crippen LogP contribution in [0.2, 0.25) is 5.02 Å². The van der Waals surface area contributed by atoms with E-state index in [1.807, 2.05) is 71.8 Å². The van der Waals surface area contributed by atoms with Gasteiger partial charge < -0.3 is 10.2 Å². The van der Waals surface area contributed by atoms with Crippen molar-refractivity contribution < 1.29 is 13.2 Å². The summed E-state index contributed by atoms with van der Waals surface area (Å²) in [5, 5.41) is 3.33. The molecule has 0 aliphatic heterocycles. The third-order valence-corrected chi connectivity index (χ3v) is 7.54. The van der Waals surface area contributed by atoms with Crippen LogP contribution in [0, 0.1) is 5.41 Å². The van der Waals surface area contributed by atoms with Gasteiger partial charge in [-0.05, 0) is 60.7 Å². The SMILES string of the molecule is CCC(C)N(Cc1cc(NC(=O)CC(C)(C)C)ccc1N(C)C)S(=O)(=O)c1cccc(Cl)c1. The van der Waals surface area contributed by atoms with E-state index in [2.05, 4.69) is 5.32 Å². The number of carbonyl (C=O) groups excluding carboxylic acids is 1. The predicted octanol–water partition coefficient (Wildman–Crippen LogP) is 5.77. The zero-order valence-corrected chi connectivity index (χ0v) is 22.2. The fourth-order valence-corrected chi connectivity index (χ4v) is 5.51. The smallest absolute Gasteiger partial charge is 0.243 e. The van der Waals surface area contributed by atoms with Gasteiger partial charge in [0.05, 0.1) is 4.90 Å². The molecule has 182 valence electrons. The molecule has 0 fully saturated rings. The third kappa shape index (κ3) is 7.45. The number of sulfonamides is 1. The normalized spacial score (nSPS) is 13.1. The molecular formula is C25H36ClN3O3S. The van der Waals surface area contributed by atoms with Gasteiger partial charge in [-0.15, -0.1) is 0 Å². The number of hydrogen-bond acceptors (Lipinski definition) is 4. The second-order valence-corrected chi connectivity index (χ2v) is 12.1. The van der Waals surface area contributed by atoms with Crippen molar-refractivity contribution >= 4 is 38.9 Å². The van der Waals surface area contributed by atoms with E-state index in [1.165, 1.54) is 10.4 Å². The van der Waals surface area contributed by atoms with Crippen LogP contribution in [0.1, 0.15) is 53.0 Å². The lowest BCUT2D eigenvalue weighted by Gasteiger charge is -2.30. The number of halogens is 1. The maximum atomic E-state index is 13.6. The molecule has 33 heavy (non-hydrogen) atoms. The Bertz CT molecular complexity index is 1080. The van der Waals surface area contributed by atoms with Crippen LogP contribution in [0.25, 0.3) is 0 Å². The predicted molar refractivity (Wildman–Crippen MR) is 137 cm³/mol. The molecule has 0 aromatic heterocycles. The molecule has 1 atom stereocenters. The number of rotatable bonds is 9. The molecule has 1 unspecified atom stereocenters. The van der Waals surface area contributed by atoms with Crippen molar-refractivity contribution in [2.45, 2.75) is 64.9 Å². The molecule has 2 aromatic carbocycles. The third-order valence-electron chi connectivity index (χ3n) is 5.35. The van der Waals surface area contributed by atoms with Gasteiger partial charge in [-0.3, -0.25) is 4.79 Å². The number of hydrogen-bond donors (Lipinski definition) is 1. The molecule has 0 saturated heterocycles. The van der Waals surface area contributed by atoms with Crippen LogP contribution >= 0.6 is 11.6 Å². The van der Waals surface area contributed by atoms with E-state index in [1.54, 1.807) is 18.2 Å². The molecule has 0 spiro atoms. The van der Waals surface area contributed by atoms with E-state index in [9.17, 15) is 13.2 Å². The zero-order chi connectivity index (χ0) is 25.0. The average molecular weight is 494 g/mol. The Balaban J connectivity index is 2.47. The van der Waals surface area contributed by atoms with Crippen molar-refractivity contribution in [1.82, 2.24) is 4.31 Å². The van der Waals surface area contributed by atoms with Crippen molar-refractivity contribution in [3.63, 3.8) is 0 Å². The number of amides is 1. The molecule has 8 heteroatoms. The molecule has 0 saturated carbocycles. The first kappa shape index (κ1) is 27.2. The number of benzene rings is 2. The van der Waals surface area contributed by atoms with Crippen molar-refractivity contribution in [1.29, 1.82) is 0 Å². The van der Waals surface area contributed by atoms with Crippen molar-refractivity contribution in [3.8, 4) is 0 Å². The van der Waals surface area contributed by atoms with Gasteiger partial charge in [0.15, 0.2) is 0 Å². The summed E-state index contributed by atoms with van der Waals surface area (Å²) in [6, 6.07) is 11.7. The molecule has 0 aliphatic carbocycles. The van der Waals surface area contributed by atoms with E-state index in [0.717, 1.165) is 11.3 Å². The molecule has 0 heterocycles. The minimum Gasteiger partial charge on any atom is -0.377 e. The molecule has 2 rings (SSSR count). The summed E-state index contributed by atoms with van der Waals surface area (Å²) in [5.41, 5.74) is 2.21. The van der Waals surface area contributed by atoms with Crippen molar-refractivity contribution in [2.24, 2.45) is 5.41 Å². The summed E-state index contributed by atoms with van der Waals surface area (Å²) in [7, 11) is 0.0324. The van der Waals surface area contributed by atoms with E-state index in [0.29, 0.717) is 23.6 Å². The highest BCUT2D eigenvalue weighted by molar-refractivity contribution is 7.89. The van der Waals surface area contributed by atoms with Gasteiger partial charge in [0.25, 0.3) is 0 Å². The lowest BCUT2D eigenvalue weighted by Crippen LogP contribution is -2.38. The number of carbonyl (C=O) groups is 1. The molecule has 0 aliphatic rings. The van der Waals surface area contributed by atoms with E-state index in [-0.39, 0.29) is 28.8 Å². The quantitative estimate of drug-likeness (QED) is 0.481. The number of nitrogens with zero attached hydrogens (tertiary/aromatic N) is 2. The molecule has 1 N–H and O–H groups in total.